The van der Waals surface area contributed by atoms with Crippen molar-refractivity contribution in [1.29, 1.82) is 0 Å². The number of nitrogens with one attached hydrogen (secondary N) is 2. The molecular formula is C27H31N5O3S. The number of thiazole rings is 1. The predicted octanol–water partition coefficient (Wildman–Crippen LogP) is 4.95. The lowest BCUT2D eigenvalue weighted by molar-refractivity contribution is -0.142. The zero-order chi connectivity index (χ0) is 24.9. The predicted molar refractivity (Wildman–Crippen MR) is 142 cm³/mol. The first kappa shape index (κ1) is 24.2. The fourth-order valence-corrected chi connectivity index (χ4v) is 5.84. The van der Waals surface area contributed by atoms with Crippen LogP contribution < -0.4 is 10.6 Å². The quantitative estimate of drug-likeness (QED) is 0.496. The minimum absolute atomic E-state index is 0.0533. The lowest BCUT2D eigenvalue weighted by atomic mass is 9.84. The molecular weight excluding hydrogens is 474 g/mol. The molecule has 1 saturated carbocycles. The number of hydrogen-bond acceptors (Lipinski definition) is 5. The summed E-state index contributed by atoms with van der Waals surface area (Å²) in [7, 11) is 0. The van der Waals surface area contributed by atoms with Gasteiger partial charge in [-0.05, 0) is 23.8 Å². The second kappa shape index (κ2) is 11.1. The molecule has 1 aliphatic carbocycles. The van der Waals surface area contributed by atoms with Crippen molar-refractivity contribution in [3.05, 3.63) is 54.0 Å². The van der Waals surface area contributed by atoms with E-state index in [0.717, 1.165) is 23.6 Å². The van der Waals surface area contributed by atoms with Crippen molar-refractivity contribution < 1.29 is 14.4 Å². The smallest absolute Gasteiger partial charge is 0.322 e. The maximum atomic E-state index is 13.3. The summed E-state index contributed by atoms with van der Waals surface area (Å²) in [6.45, 7) is 0.640. The van der Waals surface area contributed by atoms with E-state index >= 15 is 0 Å². The van der Waals surface area contributed by atoms with Gasteiger partial charge in [-0.25, -0.2) is 9.78 Å². The number of hydrogen-bond donors (Lipinski definition) is 2. The lowest BCUT2D eigenvalue weighted by Crippen LogP contribution is -2.59. The minimum atomic E-state index is -0.562. The molecule has 0 spiro atoms. The molecule has 8 nitrogen and oxygen atoms in total. The van der Waals surface area contributed by atoms with Crippen LogP contribution in [0.1, 0.15) is 38.5 Å². The van der Waals surface area contributed by atoms with Crippen molar-refractivity contribution in [1.82, 2.24) is 14.8 Å². The van der Waals surface area contributed by atoms with Crippen LogP contribution in [-0.2, 0) is 9.59 Å². The van der Waals surface area contributed by atoms with Gasteiger partial charge in [-0.15, -0.1) is 11.3 Å². The number of rotatable bonds is 6. The maximum absolute atomic E-state index is 13.3. The molecule has 5 rings (SSSR count). The Bertz CT molecular complexity index is 1220. The number of anilines is 2. The van der Waals surface area contributed by atoms with Gasteiger partial charge in [-0.1, -0.05) is 68.5 Å². The van der Waals surface area contributed by atoms with Gasteiger partial charge in [-0.3, -0.25) is 9.59 Å². The van der Waals surface area contributed by atoms with Crippen LogP contribution in [-0.4, -0.2) is 58.3 Å². The molecule has 3 aromatic rings. The molecule has 0 unspecified atom stereocenters. The van der Waals surface area contributed by atoms with Crippen LogP contribution in [0.15, 0.2) is 54.0 Å². The van der Waals surface area contributed by atoms with Gasteiger partial charge in [0.25, 0.3) is 0 Å². The number of fused-ring (bicyclic) bond motifs is 1. The summed E-state index contributed by atoms with van der Waals surface area (Å²) in [5, 5.41) is 10.2. The zero-order valence-corrected chi connectivity index (χ0v) is 21.0. The first-order chi connectivity index (χ1) is 17.6. The fourth-order valence-electron chi connectivity index (χ4n) is 5.31. The summed E-state index contributed by atoms with van der Waals surface area (Å²) in [5.74, 6) is 0.0215. The summed E-state index contributed by atoms with van der Waals surface area (Å²) in [6.07, 6.45) is 8.03. The number of benzene rings is 2. The number of amides is 4. The Balaban J connectivity index is 1.27. The lowest BCUT2D eigenvalue weighted by Gasteiger charge is -2.39. The third-order valence-electron chi connectivity index (χ3n) is 7.20. The van der Waals surface area contributed by atoms with Crippen LogP contribution in [0, 0.1) is 5.92 Å². The Labute approximate surface area is 214 Å². The van der Waals surface area contributed by atoms with Crippen LogP contribution in [0.25, 0.3) is 10.8 Å². The number of piperazine rings is 1. The van der Waals surface area contributed by atoms with Crippen molar-refractivity contribution in [2.45, 2.75) is 44.6 Å². The Kier molecular flexibility index (Phi) is 7.46. The normalized spacial score (nSPS) is 17.7. The molecule has 4 amide bonds. The Morgan fingerprint density at radius 2 is 1.83 bits per heavy atom. The van der Waals surface area contributed by atoms with E-state index in [0.29, 0.717) is 36.2 Å². The Hall–Kier alpha value is -3.46. The summed E-state index contributed by atoms with van der Waals surface area (Å²) >= 11 is 1.36. The number of carbonyl (C=O) groups excluding carboxylic acids is 3. The van der Waals surface area contributed by atoms with E-state index in [2.05, 4.69) is 15.6 Å². The molecule has 2 heterocycles. The monoisotopic (exact) mass is 505 g/mol. The largest absolute Gasteiger partial charge is 0.327 e. The van der Waals surface area contributed by atoms with E-state index in [1.807, 2.05) is 47.8 Å². The fraction of sp³-hybridized carbons (Fsp3) is 0.407. The van der Waals surface area contributed by atoms with E-state index in [-0.39, 0.29) is 24.4 Å². The van der Waals surface area contributed by atoms with E-state index in [9.17, 15) is 14.4 Å². The third-order valence-corrected chi connectivity index (χ3v) is 7.89. The highest BCUT2D eigenvalue weighted by atomic mass is 32.1. The van der Waals surface area contributed by atoms with Crippen LogP contribution in [0.4, 0.5) is 15.6 Å². The topological polar surface area (TPSA) is 94.6 Å². The van der Waals surface area contributed by atoms with Crippen LogP contribution in [0.2, 0.25) is 0 Å². The van der Waals surface area contributed by atoms with Crippen molar-refractivity contribution in [2.75, 3.05) is 30.3 Å². The zero-order valence-electron chi connectivity index (χ0n) is 20.2. The highest BCUT2D eigenvalue weighted by molar-refractivity contribution is 7.13. The van der Waals surface area contributed by atoms with Gasteiger partial charge in [0.1, 0.15) is 12.6 Å². The van der Waals surface area contributed by atoms with Gasteiger partial charge in [0.15, 0.2) is 5.13 Å². The number of urea groups is 1. The molecule has 9 heteroatoms. The van der Waals surface area contributed by atoms with Crippen molar-refractivity contribution in [3.8, 4) is 0 Å². The van der Waals surface area contributed by atoms with Gasteiger partial charge in [-0.2, -0.15) is 0 Å². The van der Waals surface area contributed by atoms with Crippen molar-refractivity contribution >= 4 is 50.8 Å². The van der Waals surface area contributed by atoms with Crippen LogP contribution >= 0.6 is 11.3 Å². The second-order valence-corrected chi connectivity index (χ2v) is 10.4. The molecule has 2 aliphatic rings. The molecule has 1 atom stereocenters. The van der Waals surface area contributed by atoms with E-state index in [4.69, 9.17) is 0 Å². The standard InChI is InChI=1S/C27H31N5O3S/c33-24-18-31(27(35)29-22-12-6-10-20-9-4-5-11-21(20)22)14-15-32(24)23(17-19-7-2-1-3-8-19)25(34)30-26-28-13-16-36-26/h4-6,9-13,16,19,23H,1-3,7-8,14-15,17-18H2,(H,29,35)(H,28,30,34)/t23-/m0/s1. The summed E-state index contributed by atoms with van der Waals surface area (Å²) in [6, 6.07) is 12.7. The molecule has 1 aromatic heterocycles. The van der Waals surface area contributed by atoms with Crippen molar-refractivity contribution in [2.24, 2.45) is 5.92 Å². The number of carbonyl (C=O) groups is 3. The highest BCUT2D eigenvalue weighted by Gasteiger charge is 2.37. The molecule has 2 aromatic carbocycles. The van der Waals surface area contributed by atoms with Crippen molar-refractivity contribution in [3.63, 3.8) is 0 Å². The van der Waals surface area contributed by atoms with Gasteiger partial charge in [0.05, 0.1) is 5.69 Å². The first-order valence-corrected chi connectivity index (χ1v) is 13.5. The van der Waals surface area contributed by atoms with E-state index in [1.54, 1.807) is 11.1 Å². The highest BCUT2D eigenvalue weighted by Crippen LogP contribution is 2.30. The maximum Gasteiger partial charge on any atom is 0.322 e. The molecule has 2 N–H and O–H groups in total. The second-order valence-electron chi connectivity index (χ2n) is 9.55. The summed E-state index contributed by atoms with van der Waals surface area (Å²) in [4.78, 5) is 47.0. The first-order valence-electron chi connectivity index (χ1n) is 12.6. The van der Waals surface area contributed by atoms with Gasteiger partial charge < -0.3 is 20.4 Å². The summed E-state index contributed by atoms with van der Waals surface area (Å²) in [5.41, 5.74) is 0.714. The number of nitrogens with zero attached hydrogens (tertiary/aromatic N) is 3. The molecule has 1 aliphatic heterocycles. The molecule has 188 valence electrons. The third kappa shape index (κ3) is 5.51. The molecule has 0 radical (unpaired) electrons. The van der Waals surface area contributed by atoms with E-state index < -0.39 is 6.04 Å². The van der Waals surface area contributed by atoms with Gasteiger partial charge in [0, 0.05) is 30.1 Å². The van der Waals surface area contributed by atoms with Crippen LogP contribution in [0.3, 0.4) is 0 Å². The molecule has 2 fully saturated rings. The average molecular weight is 506 g/mol. The molecule has 1 saturated heterocycles. The molecule has 0 bridgehead atoms. The minimum Gasteiger partial charge on any atom is -0.327 e. The summed E-state index contributed by atoms with van der Waals surface area (Å²) < 4.78 is 0. The van der Waals surface area contributed by atoms with Crippen LogP contribution in [0.5, 0.6) is 0 Å². The van der Waals surface area contributed by atoms with Gasteiger partial charge in [0.2, 0.25) is 11.8 Å². The van der Waals surface area contributed by atoms with E-state index in [1.165, 1.54) is 35.5 Å². The average Bonchev–Trinajstić information content (AvgIpc) is 3.41. The van der Waals surface area contributed by atoms with Gasteiger partial charge >= 0.3 is 6.03 Å². The Morgan fingerprint density at radius 3 is 2.61 bits per heavy atom. The Morgan fingerprint density at radius 1 is 1.03 bits per heavy atom. The SMILES string of the molecule is O=C(Nc1nccs1)[C@H](CC1CCCCC1)N1CCN(C(=O)Nc2cccc3ccccc23)CC1=O. The number of aromatic nitrogens is 1. The molecule has 36 heavy (non-hydrogen) atoms.